The highest BCUT2D eigenvalue weighted by Crippen LogP contribution is 2.17. The molecule has 0 unspecified atom stereocenters. The van der Waals surface area contributed by atoms with Crippen LogP contribution in [0.4, 0.5) is 5.69 Å². The van der Waals surface area contributed by atoms with Gasteiger partial charge in [0.15, 0.2) is 0 Å². The summed E-state index contributed by atoms with van der Waals surface area (Å²) in [6.45, 7) is 5.96. The Hall–Kier alpha value is -1.51. The molecule has 3 nitrogen and oxygen atoms in total. The molecule has 0 radical (unpaired) electrons. The van der Waals surface area contributed by atoms with Crippen LogP contribution in [0.25, 0.3) is 0 Å². The van der Waals surface area contributed by atoms with Crippen molar-refractivity contribution < 1.29 is 4.79 Å². The quantitative estimate of drug-likeness (QED) is 0.802. The number of unbranched alkanes of at least 4 members (excludes halogenated alkanes) is 1. The number of carbonyl (C=O) groups is 1. The maximum Gasteiger partial charge on any atom is 0.255 e. The first-order valence-corrected chi connectivity index (χ1v) is 6.79. The van der Waals surface area contributed by atoms with Gasteiger partial charge in [-0.2, -0.15) is 0 Å². The minimum Gasteiger partial charge on any atom is -0.384 e. The third kappa shape index (κ3) is 4.06. The minimum absolute atomic E-state index is 0.0997. The van der Waals surface area contributed by atoms with Gasteiger partial charge in [-0.05, 0) is 25.0 Å². The molecule has 0 aliphatic heterocycles. The monoisotopic (exact) mass is 248 g/mol. The Morgan fingerprint density at radius 2 is 1.94 bits per heavy atom. The van der Waals surface area contributed by atoms with Crippen LogP contribution in [0.3, 0.4) is 0 Å². The summed E-state index contributed by atoms with van der Waals surface area (Å²) < 4.78 is 0. The summed E-state index contributed by atoms with van der Waals surface area (Å²) in [5.41, 5.74) is 1.71. The van der Waals surface area contributed by atoms with Crippen molar-refractivity contribution in [1.29, 1.82) is 0 Å². The van der Waals surface area contributed by atoms with Crippen molar-refractivity contribution in [2.24, 2.45) is 0 Å². The van der Waals surface area contributed by atoms with E-state index in [9.17, 15) is 4.79 Å². The minimum atomic E-state index is 0.0997. The summed E-state index contributed by atoms with van der Waals surface area (Å²) in [6, 6.07) is 7.73. The van der Waals surface area contributed by atoms with Crippen LogP contribution in [0.15, 0.2) is 24.3 Å². The Bertz CT molecular complexity index is 377. The molecule has 1 aromatic carbocycles. The first kappa shape index (κ1) is 14.6. The van der Waals surface area contributed by atoms with Crippen molar-refractivity contribution in [3.63, 3.8) is 0 Å². The maximum atomic E-state index is 12.3. The van der Waals surface area contributed by atoms with Gasteiger partial charge >= 0.3 is 0 Å². The van der Waals surface area contributed by atoms with Crippen LogP contribution >= 0.6 is 0 Å². The van der Waals surface area contributed by atoms with E-state index >= 15 is 0 Å². The normalized spacial score (nSPS) is 10.2. The van der Waals surface area contributed by atoms with Crippen molar-refractivity contribution in [1.82, 2.24) is 4.90 Å². The van der Waals surface area contributed by atoms with Crippen LogP contribution in [0.1, 0.15) is 43.5 Å². The van der Waals surface area contributed by atoms with Gasteiger partial charge in [0.25, 0.3) is 5.91 Å². The van der Waals surface area contributed by atoms with Crippen molar-refractivity contribution >= 4 is 11.6 Å². The van der Waals surface area contributed by atoms with Crippen LogP contribution in [0.2, 0.25) is 0 Å². The number of hydrogen-bond acceptors (Lipinski definition) is 2. The Labute approximate surface area is 110 Å². The Balaban J connectivity index is 2.77. The predicted octanol–water partition coefficient (Wildman–Crippen LogP) is 3.38. The second-order valence-electron chi connectivity index (χ2n) is 4.55. The van der Waals surface area contributed by atoms with Crippen LogP contribution in [-0.4, -0.2) is 30.9 Å². The van der Waals surface area contributed by atoms with Crippen LogP contribution in [0, 0.1) is 0 Å². The molecule has 1 amide bonds. The predicted molar refractivity (Wildman–Crippen MR) is 77.1 cm³/mol. The number of amides is 1. The summed E-state index contributed by atoms with van der Waals surface area (Å²) in [5.74, 6) is 0.0997. The van der Waals surface area contributed by atoms with Gasteiger partial charge in [-0.3, -0.25) is 4.79 Å². The fraction of sp³-hybridized carbons (Fsp3) is 0.533. The number of para-hydroxylation sites is 1. The van der Waals surface area contributed by atoms with Crippen molar-refractivity contribution in [2.45, 2.75) is 33.1 Å². The average molecular weight is 248 g/mol. The van der Waals surface area contributed by atoms with Gasteiger partial charge in [-0.1, -0.05) is 32.4 Å². The highest BCUT2D eigenvalue weighted by atomic mass is 16.2. The molecule has 0 bridgehead atoms. The molecule has 100 valence electrons. The summed E-state index contributed by atoms with van der Waals surface area (Å²) in [6.07, 6.45) is 3.20. The third-order valence-corrected chi connectivity index (χ3v) is 2.92. The lowest BCUT2D eigenvalue weighted by Crippen LogP contribution is -2.28. The zero-order chi connectivity index (χ0) is 13.4. The number of rotatable bonds is 7. The van der Waals surface area contributed by atoms with Gasteiger partial charge in [-0.15, -0.1) is 0 Å². The Morgan fingerprint density at radius 3 is 2.61 bits per heavy atom. The van der Waals surface area contributed by atoms with E-state index in [2.05, 4.69) is 19.2 Å². The fourth-order valence-corrected chi connectivity index (χ4v) is 1.79. The van der Waals surface area contributed by atoms with Crippen LogP contribution in [0.5, 0.6) is 0 Å². The van der Waals surface area contributed by atoms with Gasteiger partial charge in [0.1, 0.15) is 0 Å². The molecule has 1 rings (SSSR count). The summed E-state index contributed by atoms with van der Waals surface area (Å²) in [4.78, 5) is 14.1. The summed E-state index contributed by atoms with van der Waals surface area (Å²) in [5, 5.41) is 3.31. The molecular weight excluding hydrogens is 224 g/mol. The molecule has 1 N–H and O–H groups in total. The molecule has 18 heavy (non-hydrogen) atoms. The smallest absolute Gasteiger partial charge is 0.255 e. The van der Waals surface area contributed by atoms with Crippen LogP contribution < -0.4 is 5.32 Å². The molecule has 0 saturated carbocycles. The van der Waals surface area contributed by atoms with Gasteiger partial charge in [-0.25, -0.2) is 0 Å². The lowest BCUT2D eigenvalue weighted by Gasteiger charge is -2.19. The van der Waals surface area contributed by atoms with E-state index in [-0.39, 0.29) is 5.91 Å². The Morgan fingerprint density at radius 1 is 1.22 bits per heavy atom. The van der Waals surface area contributed by atoms with Crippen LogP contribution in [-0.2, 0) is 0 Å². The Kier molecular flexibility index (Phi) is 6.26. The molecule has 0 aliphatic carbocycles. The van der Waals surface area contributed by atoms with Gasteiger partial charge in [0, 0.05) is 25.8 Å². The first-order chi connectivity index (χ1) is 8.70. The zero-order valence-corrected chi connectivity index (χ0v) is 11.7. The highest BCUT2D eigenvalue weighted by molar-refractivity contribution is 5.99. The lowest BCUT2D eigenvalue weighted by molar-refractivity contribution is 0.0794. The van der Waals surface area contributed by atoms with E-state index < -0.39 is 0 Å². The molecule has 3 heteroatoms. The maximum absolute atomic E-state index is 12.3. The van der Waals surface area contributed by atoms with E-state index in [4.69, 9.17) is 0 Å². The van der Waals surface area contributed by atoms with Gasteiger partial charge in [0.05, 0.1) is 5.56 Å². The van der Waals surface area contributed by atoms with E-state index in [0.29, 0.717) is 0 Å². The summed E-state index contributed by atoms with van der Waals surface area (Å²) >= 11 is 0. The number of anilines is 1. The van der Waals surface area contributed by atoms with Crippen molar-refractivity contribution in [3.8, 4) is 0 Å². The molecule has 0 spiro atoms. The average Bonchev–Trinajstić information content (AvgIpc) is 2.42. The van der Waals surface area contributed by atoms with Gasteiger partial charge in [0.2, 0.25) is 0 Å². The second kappa shape index (κ2) is 7.75. The molecule has 1 aromatic rings. The topological polar surface area (TPSA) is 32.3 Å². The number of nitrogens with one attached hydrogen (secondary N) is 1. The van der Waals surface area contributed by atoms with E-state index in [1.54, 1.807) is 4.90 Å². The molecule has 0 atom stereocenters. The van der Waals surface area contributed by atoms with Crippen molar-refractivity contribution in [3.05, 3.63) is 29.8 Å². The molecular formula is C15H24N2O. The number of nitrogens with zero attached hydrogens (tertiary/aromatic N) is 1. The number of carbonyl (C=O) groups excluding carboxylic acids is 1. The molecule has 0 aromatic heterocycles. The van der Waals surface area contributed by atoms with Crippen molar-refractivity contribution in [2.75, 3.05) is 25.5 Å². The van der Waals surface area contributed by atoms with E-state index in [0.717, 1.165) is 43.6 Å². The number of hydrogen-bond donors (Lipinski definition) is 1. The lowest BCUT2D eigenvalue weighted by atomic mass is 10.1. The second-order valence-corrected chi connectivity index (χ2v) is 4.55. The fourth-order valence-electron chi connectivity index (χ4n) is 1.79. The standard InChI is InChI=1S/C15H24N2O/c1-4-6-12-17(3)15(18)13-9-7-8-10-14(13)16-11-5-2/h7-10,16H,4-6,11-12H2,1-3H3. The molecule has 0 saturated heterocycles. The largest absolute Gasteiger partial charge is 0.384 e. The first-order valence-electron chi connectivity index (χ1n) is 6.79. The third-order valence-electron chi connectivity index (χ3n) is 2.92. The highest BCUT2D eigenvalue weighted by Gasteiger charge is 2.14. The van der Waals surface area contributed by atoms with E-state index in [1.165, 1.54) is 0 Å². The number of benzene rings is 1. The van der Waals surface area contributed by atoms with E-state index in [1.807, 2.05) is 31.3 Å². The SMILES string of the molecule is CCCCN(C)C(=O)c1ccccc1NCCC. The summed E-state index contributed by atoms with van der Waals surface area (Å²) in [7, 11) is 1.87. The zero-order valence-electron chi connectivity index (χ0n) is 11.7. The molecule has 0 aliphatic rings. The van der Waals surface area contributed by atoms with Gasteiger partial charge < -0.3 is 10.2 Å². The molecule has 0 fully saturated rings. The molecule has 0 heterocycles.